The molecule has 1 aromatic rings. The quantitative estimate of drug-likeness (QED) is 0.0349. The van der Waals surface area contributed by atoms with Crippen molar-refractivity contribution in [3.8, 4) is 0 Å². The maximum absolute atomic E-state index is 15.2. The number of nitrogens with one attached hydrogen (secondary N) is 3. The molecule has 26 nitrogen and oxygen atoms in total. The van der Waals surface area contributed by atoms with Crippen LogP contribution in [-0.4, -0.2) is 235 Å². The van der Waals surface area contributed by atoms with E-state index in [4.69, 9.17) is 14.2 Å². The molecule has 0 aliphatic carbocycles. The van der Waals surface area contributed by atoms with E-state index in [0.29, 0.717) is 25.8 Å². The van der Waals surface area contributed by atoms with Gasteiger partial charge < -0.3 is 64.7 Å². The van der Waals surface area contributed by atoms with E-state index in [1.165, 1.54) is 66.8 Å². The van der Waals surface area contributed by atoms with Crippen LogP contribution in [0.3, 0.4) is 0 Å². The second-order valence-corrected chi connectivity index (χ2v) is 30.5. The van der Waals surface area contributed by atoms with E-state index < -0.39 is 167 Å². The lowest BCUT2D eigenvalue weighted by atomic mass is 9.85. The van der Waals surface area contributed by atoms with Crippen molar-refractivity contribution in [1.29, 1.82) is 0 Å². The first-order valence-electron chi connectivity index (χ1n) is 37.1. The van der Waals surface area contributed by atoms with Gasteiger partial charge in [-0.2, -0.15) is 0 Å². The Hall–Kier alpha value is -7.61. The van der Waals surface area contributed by atoms with Crippen LogP contribution in [0.1, 0.15) is 195 Å². The molecule has 0 saturated heterocycles. The van der Waals surface area contributed by atoms with E-state index in [0.717, 1.165) is 17.4 Å². The summed E-state index contributed by atoms with van der Waals surface area (Å²) in [5.41, 5.74) is 0.848. The topological polar surface area (TPSA) is 325 Å². The molecule has 0 heterocycles. The Bertz CT molecular complexity index is 2990. The number of ketones is 3. The Morgan fingerprint density at radius 1 is 0.562 bits per heavy atom. The lowest BCUT2D eigenvalue weighted by molar-refractivity contribution is -0.164. The van der Waals surface area contributed by atoms with Gasteiger partial charge in [0.1, 0.15) is 54.7 Å². The smallest absolute Gasteiger partial charge is 0.409 e. The predicted octanol–water partition coefficient (Wildman–Crippen LogP) is 8.89. The molecule has 26 heteroatoms. The Morgan fingerprint density at radius 3 is 1.54 bits per heavy atom. The van der Waals surface area contributed by atoms with E-state index in [-0.39, 0.29) is 89.1 Å². The van der Waals surface area contributed by atoms with Gasteiger partial charge in [-0.3, -0.25) is 52.7 Å². The lowest BCUT2D eigenvalue weighted by Gasteiger charge is -2.42. The molecule has 0 fully saturated rings. The molecule has 14 atom stereocenters. The standard InChI is InChI=1S/C78H131N9O17.CH4/c1-26-28-33-51(13)69(104-55(17)88)68(71(93)80-58(27-2)77(99)100)87(24)76(98)67(50(11)12)86(23)74(96)62(40-48(7)8)85(22)73(95)61(39-47(5)6)84(21)72(94)53(15)42-63(89)52(14)41-65(91)60(38-46(3)4)83(20)75(97)66(49(9)10)81-70(92)57(54(16)44-102-25)43-64(90)59(79-18)36-32-37-82(19)78(101)103-45-56-34-30-29-31-35-56;/h26,28-31,34-35,46-54,57-62,66-69,79H,27,32-33,36-45H2,1-25H3,(H,80,93)(H,81,92)(H,99,100);1H4/b28-26+;/t51-,52-,53+,54-,57+,58+,59-,60+,61+,62+,66+,67+,68+,69-;/m1./s1. The summed E-state index contributed by atoms with van der Waals surface area (Å²) in [6, 6.07) is -0.00983. The molecule has 0 bridgehead atoms. The molecule has 0 aliphatic heterocycles. The number of hydrogen-bond donors (Lipinski definition) is 4. The van der Waals surface area contributed by atoms with Gasteiger partial charge in [-0.05, 0) is 106 Å². The van der Waals surface area contributed by atoms with Gasteiger partial charge in [0.2, 0.25) is 41.4 Å². The first-order valence-corrected chi connectivity index (χ1v) is 37.1. The van der Waals surface area contributed by atoms with E-state index >= 15 is 14.4 Å². The monoisotopic (exact) mass is 1480 g/mol. The first-order chi connectivity index (χ1) is 48.5. The number of carboxylic acids is 1. The number of aliphatic carboxylic acids is 1. The van der Waals surface area contributed by atoms with Gasteiger partial charge in [0.15, 0.2) is 11.6 Å². The second kappa shape index (κ2) is 47.8. The Morgan fingerprint density at radius 2 is 1.07 bits per heavy atom. The highest BCUT2D eigenvalue weighted by atomic mass is 16.6. The molecule has 105 heavy (non-hydrogen) atoms. The Labute approximate surface area is 628 Å². The number of nitrogens with zero attached hydrogens (tertiary/aromatic N) is 6. The molecule has 1 aromatic carbocycles. The van der Waals surface area contributed by atoms with Gasteiger partial charge >= 0.3 is 18.0 Å². The molecule has 0 aliphatic rings. The number of amides is 8. The number of carboxylic acid groups (broad SMARTS) is 1. The summed E-state index contributed by atoms with van der Waals surface area (Å²) in [5.74, 6) is -13.0. The Balaban J connectivity index is 0.000108. The third-order valence-electron chi connectivity index (χ3n) is 19.4. The summed E-state index contributed by atoms with van der Waals surface area (Å²) < 4.78 is 16.7. The number of hydrogen-bond acceptors (Lipinski definition) is 17. The number of Topliss-reactive ketones (excluding diaryl/α,β-unsaturated/α-hetero) is 3. The highest BCUT2D eigenvalue weighted by Gasteiger charge is 2.47. The third kappa shape index (κ3) is 31.0. The molecule has 1 rings (SSSR count). The highest BCUT2D eigenvalue weighted by Crippen LogP contribution is 2.29. The molecule has 0 spiro atoms. The second-order valence-electron chi connectivity index (χ2n) is 30.5. The van der Waals surface area contributed by atoms with Gasteiger partial charge in [-0.25, -0.2) is 9.59 Å². The number of carbonyl (C=O) groups excluding carboxylic acids is 12. The molecule has 0 radical (unpaired) electrons. The molecule has 0 saturated carbocycles. The van der Waals surface area contributed by atoms with Gasteiger partial charge in [-0.1, -0.05) is 154 Å². The molecular formula is C79H135N9O17. The first kappa shape index (κ1) is 97.4. The normalized spacial score (nSPS) is 15.6. The summed E-state index contributed by atoms with van der Waals surface area (Å²) in [6.45, 7) is 29.9. The predicted molar refractivity (Wildman–Crippen MR) is 407 cm³/mol. The highest BCUT2D eigenvalue weighted by molar-refractivity contribution is 5.99. The maximum Gasteiger partial charge on any atom is 0.409 e. The zero-order chi connectivity index (χ0) is 79.9. The van der Waals surface area contributed by atoms with Gasteiger partial charge in [0, 0.05) is 106 Å². The average Bonchev–Trinajstić information content (AvgIpc) is 0.796. The molecule has 598 valence electrons. The summed E-state index contributed by atoms with van der Waals surface area (Å²) in [7, 11) is 11.9. The van der Waals surface area contributed by atoms with Crippen molar-refractivity contribution in [2.45, 2.75) is 250 Å². The van der Waals surface area contributed by atoms with Crippen LogP contribution in [0.5, 0.6) is 0 Å². The summed E-state index contributed by atoms with van der Waals surface area (Å²) >= 11 is 0. The number of likely N-dealkylation sites (N-methyl/N-ethyl adjacent to an activating group) is 6. The fourth-order valence-corrected chi connectivity index (χ4v) is 13.0. The minimum Gasteiger partial charge on any atom is -0.480 e. The molecule has 0 unspecified atom stereocenters. The number of methoxy groups -OCH3 is 1. The Kier molecular flexibility index (Phi) is 44.4. The van der Waals surface area contributed by atoms with Gasteiger partial charge in [0.05, 0.1) is 12.1 Å². The van der Waals surface area contributed by atoms with Crippen molar-refractivity contribution in [2.75, 3.05) is 69.6 Å². The van der Waals surface area contributed by atoms with E-state index in [1.807, 2.05) is 71.9 Å². The minimum atomic E-state index is -1.56. The number of ether oxygens (including phenoxy) is 3. The zero-order valence-electron chi connectivity index (χ0n) is 67.4. The molecule has 4 N–H and O–H groups in total. The van der Waals surface area contributed by atoms with Crippen LogP contribution in [0.25, 0.3) is 0 Å². The number of benzene rings is 1. The third-order valence-corrected chi connectivity index (χ3v) is 19.4. The van der Waals surface area contributed by atoms with E-state index in [2.05, 4.69) is 16.0 Å². The van der Waals surface area contributed by atoms with Crippen molar-refractivity contribution < 1.29 is 81.6 Å². The molecular weight excluding hydrogens is 1350 g/mol. The van der Waals surface area contributed by atoms with Crippen LogP contribution in [0.2, 0.25) is 0 Å². The largest absolute Gasteiger partial charge is 0.480 e. The van der Waals surface area contributed by atoms with Crippen LogP contribution >= 0.6 is 0 Å². The van der Waals surface area contributed by atoms with E-state index in [9.17, 15) is 53.1 Å². The number of rotatable bonds is 48. The average molecular weight is 1480 g/mol. The van der Waals surface area contributed by atoms with Crippen LogP contribution in [-0.2, 0) is 78.4 Å². The van der Waals surface area contributed by atoms with Crippen molar-refractivity contribution >= 4 is 76.7 Å². The molecule has 0 aromatic heterocycles. The van der Waals surface area contributed by atoms with Crippen molar-refractivity contribution in [1.82, 2.24) is 45.3 Å². The van der Waals surface area contributed by atoms with Gasteiger partial charge in [0.25, 0.3) is 0 Å². The number of esters is 1. The fraction of sp³-hybridized carbons (Fsp3) is 0.734. The SMILES string of the molecule is C.C/C=C/C[C@@H](C)[C@@H](OC(C)=O)[C@@H](C(=O)N[C@@H](CC)C(=O)O)N(C)C(=O)[C@H](C(C)C)N(C)C(=O)[C@H](CC(C)C)N(C)C(=O)[C@H](CC(C)C)N(C)C(=O)[C@@H](C)CC(=O)[C@H](C)CC(=O)[C@H](CC(C)C)N(C)C(=O)[C@@H](NC(=O)[C@@H](CC(=O)[C@@H](CCCN(C)C(=O)OCc1ccccc1)NC)[C@H](C)COC)C(C)C. The molecule has 8 amide bonds. The van der Waals surface area contributed by atoms with Crippen molar-refractivity contribution in [3.05, 3.63) is 48.0 Å². The summed E-state index contributed by atoms with van der Waals surface area (Å²) in [5, 5.41) is 18.4. The van der Waals surface area contributed by atoms with E-state index in [1.54, 1.807) is 95.5 Å². The van der Waals surface area contributed by atoms with Crippen molar-refractivity contribution in [3.63, 3.8) is 0 Å². The van der Waals surface area contributed by atoms with Gasteiger partial charge in [-0.15, -0.1) is 0 Å². The zero-order valence-corrected chi connectivity index (χ0v) is 67.4. The van der Waals surface area contributed by atoms with Crippen LogP contribution in [0.15, 0.2) is 42.5 Å². The van der Waals surface area contributed by atoms with Crippen LogP contribution in [0.4, 0.5) is 4.79 Å². The maximum atomic E-state index is 15.2. The van der Waals surface area contributed by atoms with Crippen molar-refractivity contribution in [2.24, 2.45) is 59.2 Å². The summed E-state index contributed by atoms with van der Waals surface area (Å²) in [6.07, 6.45) is 2.67. The summed E-state index contributed by atoms with van der Waals surface area (Å²) in [4.78, 5) is 192. The minimum absolute atomic E-state index is 0. The fourth-order valence-electron chi connectivity index (χ4n) is 13.0. The number of carbonyl (C=O) groups is 13. The number of allylic oxidation sites excluding steroid dienone is 2. The van der Waals surface area contributed by atoms with Crippen LogP contribution < -0.4 is 16.0 Å². The van der Waals surface area contributed by atoms with Crippen LogP contribution in [0, 0.1) is 59.2 Å². The lowest BCUT2D eigenvalue weighted by Crippen LogP contribution is -2.63.